The first kappa shape index (κ1) is 40.8. The maximum absolute atomic E-state index is 14.5. The van der Waals surface area contributed by atoms with Crippen molar-refractivity contribution in [2.75, 3.05) is 52.5 Å². The summed E-state index contributed by atoms with van der Waals surface area (Å²) in [6.45, 7) is 8.97. The van der Waals surface area contributed by atoms with Crippen LogP contribution in [-0.2, 0) is 44.8 Å². The molecule has 2 aliphatic heterocycles. The van der Waals surface area contributed by atoms with E-state index in [1.165, 1.54) is 0 Å². The minimum Gasteiger partial charge on any atom is -0.461 e. The van der Waals surface area contributed by atoms with E-state index in [4.69, 9.17) is 29.4 Å². The molecule has 1 aromatic rings. The van der Waals surface area contributed by atoms with Gasteiger partial charge in [-0.3, -0.25) is 34.6 Å². The van der Waals surface area contributed by atoms with Gasteiger partial charge in [-0.05, 0) is 73.8 Å². The molecule has 0 bridgehead atoms. The van der Waals surface area contributed by atoms with Gasteiger partial charge in [0.2, 0.25) is 5.78 Å². The minimum absolute atomic E-state index is 0.0157. The number of benzene rings is 1. The molecule has 15 nitrogen and oxygen atoms in total. The van der Waals surface area contributed by atoms with Crippen LogP contribution < -0.4 is 0 Å². The van der Waals surface area contributed by atoms with E-state index in [0.717, 1.165) is 24.8 Å². The summed E-state index contributed by atoms with van der Waals surface area (Å²) in [6, 6.07) is 6.40. The first-order chi connectivity index (χ1) is 26.8. The average molecular weight is 782 g/mol. The summed E-state index contributed by atoms with van der Waals surface area (Å²) in [5, 5.41) is 28.9. The van der Waals surface area contributed by atoms with Crippen LogP contribution in [0.1, 0.15) is 75.2 Å². The van der Waals surface area contributed by atoms with Crippen molar-refractivity contribution in [2.45, 2.75) is 90.0 Å². The molecule has 2 saturated heterocycles. The number of ketones is 2. The first-order valence-electron chi connectivity index (χ1n) is 19.9. The lowest BCUT2D eigenvalue weighted by Gasteiger charge is -2.59. The third kappa shape index (κ3) is 7.65. The Balaban J connectivity index is 0.910. The second-order valence-electron chi connectivity index (χ2n) is 16.7. The molecule has 4 aliphatic carbocycles. The number of hydrogen-bond donors (Lipinski definition) is 3. The van der Waals surface area contributed by atoms with Gasteiger partial charge in [-0.2, -0.15) is 0 Å². The Morgan fingerprint density at radius 3 is 2.48 bits per heavy atom. The third-order valence-electron chi connectivity index (χ3n) is 13.6. The number of piperazine rings is 1. The average Bonchev–Trinajstić information content (AvgIpc) is 3.65. The molecule has 3 saturated carbocycles. The molecule has 0 spiro atoms. The van der Waals surface area contributed by atoms with Crippen molar-refractivity contribution in [2.24, 2.45) is 28.6 Å². The molecule has 9 atom stereocenters. The van der Waals surface area contributed by atoms with Crippen molar-refractivity contribution in [3.63, 3.8) is 0 Å². The molecule has 0 amide bonds. The van der Waals surface area contributed by atoms with Gasteiger partial charge < -0.3 is 24.1 Å². The van der Waals surface area contributed by atoms with Crippen molar-refractivity contribution in [3.8, 4) is 0 Å². The van der Waals surface area contributed by atoms with Crippen LogP contribution in [0.4, 0.5) is 0 Å². The number of fused-ring (bicyclic) bond motifs is 7. The zero-order chi connectivity index (χ0) is 39.8. The third-order valence-corrected chi connectivity index (χ3v) is 13.6. The Labute approximate surface area is 327 Å². The summed E-state index contributed by atoms with van der Waals surface area (Å²) < 4.78 is 24.3. The van der Waals surface area contributed by atoms with E-state index < -0.39 is 53.5 Å². The molecular formula is C41H55N3O12. The number of aliphatic hydroxyl groups is 1. The molecule has 56 heavy (non-hydrogen) atoms. The van der Waals surface area contributed by atoms with Crippen LogP contribution in [0.5, 0.6) is 0 Å². The number of rotatable bonds is 14. The summed E-state index contributed by atoms with van der Waals surface area (Å²) in [7, 11) is 0. The highest BCUT2D eigenvalue weighted by Gasteiger charge is 2.76. The lowest BCUT2D eigenvalue weighted by Crippen LogP contribution is -2.63. The van der Waals surface area contributed by atoms with Crippen LogP contribution in [0.15, 0.2) is 48.1 Å². The largest absolute Gasteiger partial charge is 0.461 e. The Kier molecular flexibility index (Phi) is 12.0. The minimum atomic E-state index is -1.35. The highest BCUT2D eigenvalue weighted by molar-refractivity contribution is 6.01. The van der Waals surface area contributed by atoms with Crippen LogP contribution in [0, 0.1) is 28.6 Å². The second-order valence-corrected chi connectivity index (χ2v) is 16.7. The predicted molar refractivity (Wildman–Crippen MR) is 197 cm³/mol. The van der Waals surface area contributed by atoms with Gasteiger partial charge in [-0.1, -0.05) is 51.0 Å². The van der Waals surface area contributed by atoms with Crippen LogP contribution in [0.2, 0.25) is 0 Å². The molecule has 1 aromatic carbocycles. The normalized spacial score (nSPS) is 35.3. The maximum atomic E-state index is 14.5. The fraction of sp³-hybridized carbons (Fsp3) is 0.659. The number of esters is 2. The van der Waals surface area contributed by atoms with Gasteiger partial charge in [-0.25, -0.2) is 9.63 Å². The Hall–Kier alpha value is -3.38. The first-order valence-corrected chi connectivity index (χ1v) is 19.9. The molecule has 2 heterocycles. The zero-order valence-corrected chi connectivity index (χ0v) is 32.5. The van der Waals surface area contributed by atoms with E-state index >= 15 is 0 Å². The van der Waals surface area contributed by atoms with Gasteiger partial charge in [0.25, 0.3) is 0 Å². The lowest BCUT2D eigenvalue weighted by atomic mass is 9.46. The molecule has 0 aromatic heterocycles. The predicted octanol–water partition coefficient (Wildman–Crippen LogP) is 3.25. The van der Waals surface area contributed by atoms with Gasteiger partial charge >= 0.3 is 11.9 Å². The maximum Gasteiger partial charge on any atom is 0.338 e. The highest BCUT2D eigenvalue weighted by Crippen LogP contribution is 2.69. The lowest BCUT2D eigenvalue weighted by molar-refractivity contribution is -0.497. The SMILES string of the molecule is CCCC1O[C@@H]2CC3C4CCC5=CC(=O)C=C[C@]5(C)C4[C@@H](O)C[C@]3(C)[C@]2(C(=O)COC(=O)CN2CCN(CCOC(=O)c3ccc(CON(O)O)cc3)CC2)O1. The van der Waals surface area contributed by atoms with Crippen molar-refractivity contribution in [1.82, 2.24) is 15.2 Å². The Morgan fingerprint density at radius 1 is 1.04 bits per heavy atom. The smallest absolute Gasteiger partial charge is 0.338 e. The van der Waals surface area contributed by atoms with E-state index in [0.29, 0.717) is 63.1 Å². The summed E-state index contributed by atoms with van der Waals surface area (Å²) in [5.41, 5.74) is -0.469. The number of allylic oxidation sites excluding steroid dienone is 4. The van der Waals surface area contributed by atoms with E-state index in [9.17, 15) is 24.3 Å². The van der Waals surface area contributed by atoms with Crippen LogP contribution in [0.3, 0.4) is 0 Å². The molecule has 6 aliphatic rings. The number of carbonyl (C=O) groups excluding carboxylic acids is 4. The Bertz CT molecular complexity index is 1710. The monoisotopic (exact) mass is 781 g/mol. The Morgan fingerprint density at radius 2 is 1.77 bits per heavy atom. The van der Waals surface area contributed by atoms with Gasteiger partial charge in [0, 0.05) is 49.5 Å². The summed E-state index contributed by atoms with van der Waals surface area (Å²) in [4.78, 5) is 61.1. The van der Waals surface area contributed by atoms with Gasteiger partial charge in [0.1, 0.15) is 6.61 Å². The van der Waals surface area contributed by atoms with E-state index in [-0.39, 0.29) is 54.5 Å². The van der Waals surface area contributed by atoms with Crippen LogP contribution in [-0.4, -0.2) is 131 Å². The number of Topliss-reactive ketones (excluding diaryl/α,β-unsaturated/α-hetero) is 1. The molecule has 5 fully saturated rings. The van der Waals surface area contributed by atoms with E-state index in [1.807, 2.05) is 17.9 Å². The van der Waals surface area contributed by atoms with Crippen LogP contribution in [0.25, 0.3) is 0 Å². The van der Waals surface area contributed by atoms with Gasteiger partial charge in [0.05, 0.1) is 36.3 Å². The fourth-order valence-corrected chi connectivity index (χ4v) is 10.9. The highest BCUT2D eigenvalue weighted by atomic mass is 17.1. The molecule has 3 N–H and O–H groups in total. The number of nitrogens with zero attached hydrogens (tertiary/aromatic N) is 3. The van der Waals surface area contributed by atoms with Crippen molar-refractivity contribution >= 4 is 23.5 Å². The summed E-state index contributed by atoms with van der Waals surface area (Å²) in [5.74, 6) is -1.28. The van der Waals surface area contributed by atoms with E-state index in [1.54, 1.807) is 36.4 Å². The fourth-order valence-electron chi connectivity index (χ4n) is 10.9. The number of carbonyl (C=O) groups is 4. The standard InChI is InChI=1S/C41H55N3O12/c1-4-5-36-55-34-21-31-30-11-10-28-20-29(45)12-13-39(28,2)37(30)32(46)22-40(31,3)41(34,56-36)33(47)25-53-35(48)23-43-16-14-42(15-17-43)18-19-52-38(49)27-8-6-26(7-9-27)24-54-44(50)51/h6-9,12-13,20,30-32,34,36-37,46,50-51H,4-5,10-11,14-19,21-25H2,1-3H3/t30?,31?,32-,34+,36?,37?,39-,40-,41+/m0/s1. The zero-order valence-electron chi connectivity index (χ0n) is 32.5. The van der Waals surface area contributed by atoms with Gasteiger partial charge in [0.15, 0.2) is 24.3 Å². The van der Waals surface area contributed by atoms with Crippen molar-refractivity contribution in [3.05, 3.63) is 59.2 Å². The van der Waals surface area contributed by atoms with Crippen LogP contribution >= 0.6 is 0 Å². The summed E-state index contributed by atoms with van der Waals surface area (Å²) in [6.07, 6.45) is 7.48. The van der Waals surface area contributed by atoms with Crippen molar-refractivity contribution in [1.29, 1.82) is 0 Å². The quantitative estimate of drug-likeness (QED) is 0.185. The topological polar surface area (TPSA) is 185 Å². The number of hydrogen-bond acceptors (Lipinski definition) is 15. The van der Waals surface area contributed by atoms with E-state index in [2.05, 4.69) is 23.6 Å². The second kappa shape index (κ2) is 16.5. The molecule has 4 unspecified atom stereocenters. The van der Waals surface area contributed by atoms with Gasteiger partial charge in [-0.15, -0.1) is 0 Å². The number of ether oxygens (including phenoxy) is 4. The molecule has 306 valence electrons. The molecular weight excluding hydrogens is 726 g/mol. The molecule has 7 rings (SSSR count). The molecule has 0 radical (unpaired) electrons. The summed E-state index contributed by atoms with van der Waals surface area (Å²) >= 11 is 0. The number of aliphatic hydroxyl groups excluding tert-OH is 1. The van der Waals surface area contributed by atoms with Crippen molar-refractivity contribution < 1.29 is 58.5 Å². The molecule has 15 heteroatoms.